The minimum Gasteiger partial charge on any atom is -0.357 e. The number of likely N-dealkylation sites (N-methyl/N-ethyl adjacent to an activating group) is 1. The van der Waals surface area contributed by atoms with E-state index in [0.29, 0.717) is 16.5 Å². The lowest BCUT2D eigenvalue weighted by atomic mass is 9.71. The van der Waals surface area contributed by atoms with Crippen LogP contribution in [0.15, 0.2) is 77.7 Å². The van der Waals surface area contributed by atoms with E-state index in [4.69, 9.17) is 11.6 Å². The highest BCUT2D eigenvalue weighted by Gasteiger charge is 2.61. The Kier molecular flexibility index (Phi) is 4.70. The molecular weight excluding hydrogens is 428 g/mol. The zero-order chi connectivity index (χ0) is 22.0. The predicted molar refractivity (Wildman–Crippen MR) is 125 cm³/mol. The van der Waals surface area contributed by atoms with Crippen molar-refractivity contribution in [2.24, 2.45) is 0 Å². The number of hydrogen-bond acceptors (Lipinski definition) is 3. The smallest absolute Gasteiger partial charge is 0.244 e. The van der Waals surface area contributed by atoms with Gasteiger partial charge in [0.25, 0.3) is 0 Å². The van der Waals surface area contributed by atoms with Gasteiger partial charge < -0.3 is 4.90 Å². The Morgan fingerprint density at radius 1 is 1.00 bits per heavy atom. The molecule has 3 atom stereocenters. The number of halogens is 1. The second kappa shape index (κ2) is 7.09. The Hall–Kier alpha value is -2.34. The van der Waals surface area contributed by atoms with Crippen molar-refractivity contribution in [3.63, 3.8) is 0 Å². The second-order valence-electron chi connectivity index (χ2n) is 8.78. The van der Waals surface area contributed by atoms with Crippen molar-refractivity contribution in [2.45, 2.75) is 36.2 Å². The minimum absolute atomic E-state index is 0.0254. The van der Waals surface area contributed by atoms with Gasteiger partial charge in [-0.25, -0.2) is 8.42 Å². The maximum Gasteiger partial charge on any atom is 0.244 e. The molecule has 3 aromatic rings. The molecule has 160 valence electrons. The zero-order valence-electron chi connectivity index (χ0n) is 17.8. The predicted octanol–water partition coefficient (Wildman–Crippen LogP) is 5.17. The topological polar surface area (TPSA) is 40.6 Å². The Labute approximate surface area is 189 Å². The van der Waals surface area contributed by atoms with Crippen LogP contribution in [-0.2, 0) is 15.4 Å². The van der Waals surface area contributed by atoms with Gasteiger partial charge in [0, 0.05) is 35.6 Å². The highest BCUT2D eigenvalue weighted by molar-refractivity contribution is 7.89. The van der Waals surface area contributed by atoms with Gasteiger partial charge in [0.1, 0.15) is 6.17 Å². The summed E-state index contributed by atoms with van der Waals surface area (Å²) in [5.74, 6) is -0.0254. The third kappa shape index (κ3) is 2.94. The van der Waals surface area contributed by atoms with Crippen LogP contribution in [0.3, 0.4) is 0 Å². The fraction of sp³-hybridized carbons (Fsp3) is 0.280. The van der Waals surface area contributed by atoms with Crippen LogP contribution in [0.4, 0.5) is 5.69 Å². The van der Waals surface area contributed by atoms with Gasteiger partial charge in [-0.1, -0.05) is 66.6 Å². The van der Waals surface area contributed by atoms with Crippen molar-refractivity contribution in [1.82, 2.24) is 4.31 Å². The fourth-order valence-electron chi connectivity index (χ4n) is 5.49. The summed E-state index contributed by atoms with van der Waals surface area (Å²) in [6.45, 7) is 4.55. The first-order valence-corrected chi connectivity index (χ1v) is 12.2. The van der Waals surface area contributed by atoms with Gasteiger partial charge in [-0.05, 0) is 48.4 Å². The molecule has 0 unspecified atom stereocenters. The highest BCUT2D eigenvalue weighted by atomic mass is 35.5. The molecule has 31 heavy (non-hydrogen) atoms. The van der Waals surface area contributed by atoms with Crippen molar-refractivity contribution in [3.8, 4) is 0 Å². The first-order chi connectivity index (χ1) is 14.7. The van der Waals surface area contributed by atoms with Crippen LogP contribution in [0, 0.1) is 6.92 Å². The van der Waals surface area contributed by atoms with Gasteiger partial charge in [-0.2, -0.15) is 4.31 Å². The standard InChI is InChI=1S/C25H25ClN2O2S/c1-17-11-13-20(14-12-17)31(29,30)28-16-22(18-7-6-8-19(26)15-18)25(2)21-9-4-5-10-23(21)27(3)24(25)28/h4-15,22,24H,16H2,1-3H3/t22-,24-,25+/m0/s1. The summed E-state index contributed by atoms with van der Waals surface area (Å²) in [5.41, 5.74) is 3.94. The third-order valence-electron chi connectivity index (χ3n) is 7.01. The summed E-state index contributed by atoms with van der Waals surface area (Å²) in [4.78, 5) is 2.45. The fourth-order valence-corrected chi connectivity index (χ4v) is 7.41. The number of nitrogens with zero attached hydrogens (tertiary/aromatic N) is 2. The van der Waals surface area contributed by atoms with Crippen molar-refractivity contribution in [3.05, 3.63) is 94.5 Å². The molecule has 0 aliphatic carbocycles. The largest absolute Gasteiger partial charge is 0.357 e. The summed E-state index contributed by atoms with van der Waals surface area (Å²) >= 11 is 6.34. The molecular formula is C25H25ClN2O2S. The number of aryl methyl sites for hydroxylation is 1. The number of benzene rings is 3. The van der Waals surface area contributed by atoms with Gasteiger partial charge in [0.05, 0.1) is 4.90 Å². The number of sulfonamides is 1. The van der Waals surface area contributed by atoms with Crippen LogP contribution in [0.25, 0.3) is 0 Å². The zero-order valence-corrected chi connectivity index (χ0v) is 19.4. The van der Waals surface area contributed by atoms with Crippen LogP contribution in [0.5, 0.6) is 0 Å². The van der Waals surface area contributed by atoms with E-state index < -0.39 is 15.4 Å². The number of para-hydroxylation sites is 1. The third-order valence-corrected chi connectivity index (χ3v) is 9.07. The van der Waals surface area contributed by atoms with Crippen LogP contribution in [-0.4, -0.2) is 32.5 Å². The molecule has 1 saturated heterocycles. The maximum atomic E-state index is 13.8. The molecule has 2 aliphatic heterocycles. The highest BCUT2D eigenvalue weighted by Crippen LogP contribution is 2.58. The van der Waals surface area contributed by atoms with Gasteiger partial charge in [-0.3, -0.25) is 0 Å². The summed E-state index contributed by atoms with van der Waals surface area (Å²) in [7, 11) is -1.70. The van der Waals surface area contributed by atoms with Gasteiger partial charge in [-0.15, -0.1) is 0 Å². The Balaban J connectivity index is 1.70. The summed E-state index contributed by atoms with van der Waals surface area (Å²) < 4.78 is 29.4. The Bertz CT molecular complexity index is 1260. The van der Waals surface area contributed by atoms with E-state index in [0.717, 1.165) is 16.8 Å². The molecule has 0 spiro atoms. The number of hydrogen-bond donors (Lipinski definition) is 0. The van der Waals surface area contributed by atoms with Gasteiger partial charge in [0.2, 0.25) is 10.0 Å². The van der Waals surface area contributed by atoms with Crippen molar-refractivity contribution in [1.29, 1.82) is 0 Å². The van der Waals surface area contributed by atoms with Gasteiger partial charge >= 0.3 is 0 Å². The second-order valence-corrected chi connectivity index (χ2v) is 11.1. The van der Waals surface area contributed by atoms with Crippen molar-refractivity contribution >= 4 is 27.3 Å². The molecule has 0 N–H and O–H groups in total. The van der Waals surface area contributed by atoms with E-state index in [9.17, 15) is 8.42 Å². The Morgan fingerprint density at radius 2 is 1.71 bits per heavy atom. The van der Waals surface area contributed by atoms with Crippen molar-refractivity contribution in [2.75, 3.05) is 18.5 Å². The molecule has 0 bridgehead atoms. The molecule has 0 aromatic heterocycles. The SMILES string of the molecule is Cc1ccc(S(=O)(=O)N2C[C@@H](c3cccc(Cl)c3)[C@@]3(C)c4ccccc4N(C)[C@@H]23)cc1. The van der Waals surface area contributed by atoms with Crippen LogP contribution in [0.1, 0.15) is 29.5 Å². The molecule has 4 nitrogen and oxygen atoms in total. The summed E-state index contributed by atoms with van der Waals surface area (Å²) in [5, 5.41) is 0.664. The molecule has 3 aromatic carbocycles. The first-order valence-electron chi connectivity index (χ1n) is 10.4. The number of fused-ring (bicyclic) bond motifs is 3. The van der Waals surface area contributed by atoms with E-state index in [2.05, 4.69) is 30.0 Å². The molecule has 2 aliphatic rings. The average Bonchev–Trinajstić information content (AvgIpc) is 3.19. The van der Waals surface area contributed by atoms with E-state index in [1.807, 2.05) is 56.4 Å². The van der Waals surface area contributed by atoms with E-state index in [1.54, 1.807) is 16.4 Å². The Morgan fingerprint density at radius 3 is 2.42 bits per heavy atom. The number of rotatable bonds is 3. The summed E-state index contributed by atoms with van der Waals surface area (Å²) in [6.07, 6.45) is -0.319. The molecule has 6 heteroatoms. The molecule has 2 heterocycles. The van der Waals surface area contributed by atoms with Gasteiger partial charge in [0.15, 0.2) is 0 Å². The quantitative estimate of drug-likeness (QED) is 0.550. The van der Waals surface area contributed by atoms with Crippen LogP contribution >= 0.6 is 11.6 Å². The lowest BCUT2D eigenvalue weighted by Crippen LogP contribution is -2.49. The average molecular weight is 453 g/mol. The maximum absolute atomic E-state index is 13.8. The minimum atomic E-state index is -3.69. The lowest BCUT2D eigenvalue weighted by Gasteiger charge is -2.35. The van der Waals surface area contributed by atoms with E-state index >= 15 is 0 Å². The molecule has 0 saturated carbocycles. The first kappa shape index (κ1) is 20.6. The van der Waals surface area contributed by atoms with Crippen molar-refractivity contribution < 1.29 is 8.42 Å². The monoisotopic (exact) mass is 452 g/mol. The van der Waals surface area contributed by atoms with Crippen LogP contribution in [0.2, 0.25) is 5.02 Å². The molecule has 1 fully saturated rings. The van der Waals surface area contributed by atoms with E-state index in [-0.39, 0.29) is 12.1 Å². The lowest BCUT2D eigenvalue weighted by molar-refractivity contribution is 0.324. The molecule has 5 rings (SSSR count). The van der Waals surface area contributed by atoms with E-state index in [1.165, 1.54) is 5.56 Å². The molecule has 0 amide bonds. The molecule has 0 radical (unpaired) electrons. The van der Waals surface area contributed by atoms with Crippen LogP contribution < -0.4 is 4.90 Å². The number of anilines is 1. The summed E-state index contributed by atoms with van der Waals surface area (Å²) in [6, 6.07) is 23.2. The normalized spacial score (nSPS) is 25.5.